The minimum absolute atomic E-state index is 0.0101. The highest BCUT2D eigenvalue weighted by molar-refractivity contribution is 7.20. The van der Waals surface area contributed by atoms with Gasteiger partial charge in [-0.3, -0.25) is 5.10 Å². The molecule has 1 atom stereocenters. The second kappa shape index (κ2) is 7.41. The normalized spacial score (nSPS) is 20.1. The maximum Gasteiger partial charge on any atom is 0.166 e. The first-order valence-electron chi connectivity index (χ1n) is 8.48. The molecule has 1 aliphatic heterocycles. The molecule has 0 radical (unpaired) electrons. The Morgan fingerprint density at radius 3 is 2.96 bits per heavy atom. The van der Waals surface area contributed by atoms with Crippen LogP contribution in [0.5, 0.6) is 0 Å². The van der Waals surface area contributed by atoms with Gasteiger partial charge in [-0.25, -0.2) is 4.98 Å². The predicted octanol–water partition coefficient (Wildman–Crippen LogP) is 2.60. The van der Waals surface area contributed by atoms with Gasteiger partial charge in [0.2, 0.25) is 0 Å². The van der Waals surface area contributed by atoms with Gasteiger partial charge in [0.1, 0.15) is 17.4 Å². The van der Waals surface area contributed by atoms with Crippen LogP contribution in [0, 0.1) is 11.3 Å². The molecule has 1 saturated heterocycles. The van der Waals surface area contributed by atoms with Gasteiger partial charge < -0.3 is 14.4 Å². The second-order valence-corrected chi connectivity index (χ2v) is 7.06. The van der Waals surface area contributed by atoms with Crippen molar-refractivity contribution >= 4 is 21.9 Å². The van der Waals surface area contributed by atoms with Gasteiger partial charge >= 0.3 is 0 Å². The Bertz CT molecular complexity index is 872. The van der Waals surface area contributed by atoms with Crippen molar-refractivity contribution in [1.29, 1.82) is 5.26 Å². The molecule has 8 heteroatoms. The van der Waals surface area contributed by atoms with Gasteiger partial charge in [-0.05, 0) is 18.1 Å². The number of hydrogen-bond acceptors (Lipinski definition) is 7. The number of methoxy groups -OCH3 is 1. The minimum Gasteiger partial charge on any atom is -0.378 e. The molecule has 1 N–H and O–H groups in total. The molecular formula is C18H19N5O2S. The van der Waals surface area contributed by atoms with E-state index in [2.05, 4.69) is 44.4 Å². The van der Waals surface area contributed by atoms with Crippen molar-refractivity contribution in [3.8, 4) is 16.8 Å². The number of nitrogens with one attached hydrogen (secondary N) is 1. The van der Waals surface area contributed by atoms with E-state index in [1.54, 1.807) is 18.4 Å². The number of nitrogens with zero attached hydrogens (tertiary/aromatic N) is 4. The van der Waals surface area contributed by atoms with Crippen molar-refractivity contribution in [1.82, 2.24) is 15.2 Å². The molecule has 2 aliphatic rings. The fourth-order valence-corrected chi connectivity index (χ4v) is 4.52. The van der Waals surface area contributed by atoms with Gasteiger partial charge in [0, 0.05) is 25.8 Å². The fraction of sp³-hybridized carbons (Fsp3) is 0.389. The molecule has 0 saturated carbocycles. The summed E-state index contributed by atoms with van der Waals surface area (Å²) in [5, 5.41) is 17.9. The molecule has 0 spiro atoms. The summed E-state index contributed by atoms with van der Waals surface area (Å²) >= 11 is 1.58. The Balaban J connectivity index is 1.88. The second-order valence-electron chi connectivity index (χ2n) is 6.07. The summed E-state index contributed by atoms with van der Waals surface area (Å²) in [6.07, 6.45) is 8.55. The number of morpholine rings is 1. The van der Waals surface area contributed by atoms with E-state index in [0.717, 1.165) is 40.5 Å². The molecule has 7 nitrogen and oxygen atoms in total. The van der Waals surface area contributed by atoms with Crippen LogP contribution in [-0.2, 0) is 9.47 Å². The maximum absolute atomic E-state index is 9.96. The van der Waals surface area contributed by atoms with E-state index in [0.29, 0.717) is 24.6 Å². The average molecular weight is 369 g/mol. The van der Waals surface area contributed by atoms with E-state index in [-0.39, 0.29) is 6.10 Å². The zero-order chi connectivity index (χ0) is 17.9. The molecule has 0 amide bonds. The van der Waals surface area contributed by atoms with Gasteiger partial charge in [0.15, 0.2) is 5.82 Å². The molecule has 26 heavy (non-hydrogen) atoms. The van der Waals surface area contributed by atoms with Crippen molar-refractivity contribution in [3.05, 3.63) is 35.7 Å². The highest BCUT2D eigenvalue weighted by Crippen LogP contribution is 2.45. The van der Waals surface area contributed by atoms with E-state index < -0.39 is 0 Å². The van der Waals surface area contributed by atoms with E-state index in [9.17, 15) is 5.26 Å². The molecular weight excluding hydrogens is 350 g/mol. The van der Waals surface area contributed by atoms with Crippen LogP contribution in [0.25, 0.3) is 16.3 Å². The monoisotopic (exact) mass is 369 g/mol. The number of nitriles is 1. The number of aromatic nitrogens is 3. The number of hydrogen-bond donors (Lipinski definition) is 1. The van der Waals surface area contributed by atoms with Gasteiger partial charge in [-0.1, -0.05) is 12.2 Å². The molecule has 0 aromatic carbocycles. The van der Waals surface area contributed by atoms with Crippen molar-refractivity contribution in [2.75, 3.05) is 38.3 Å². The molecule has 0 bridgehead atoms. The molecule has 134 valence electrons. The molecule has 2 aromatic heterocycles. The van der Waals surface area contributed by atoms with Gasteiger partial charge in [-0.15, -0.1) is 11.3 Å². The Morgan fingerprint density at radius 2 is 2.27 bits per heavy atom. The zero-order valence-corrected chi connectivity index (χ0v) is 15.3. The largest absolute Gasteiger partial charge is 0.378 e. The van der Waals surface area contributed by atoms with E-state index in [1.165, 1.54) is 6.33 Å². The minimum atomic E-state index is 0.0101. The zero-order valence-electron chi connectivity index (χ0n) is 14.4. The quantitative estimate of drug-likeness (QED) is 0.891. The Kier molecular flexibility index (Phi) is 4.84. The highest BCUT2D eigenvalue weighted by atomic mass is 32.1. The van der Waals surface area contributed by atoms with Crippen LogP contribution in [0.3, 0.4) is 0 Å². The van der Waals surface area contributed by atoms with E-state index >= 15 is 0 Å². The van der Waals surface area contributed by atoms with Crippen LogP contribution in [0.2, 0.25) is 0 Å². The maximum atomic E-state index is 9.96. The topological polar surface area (TPSA) is 87.1 Å². The average Bonchev–Trinajstić information content (AvgIpc) is 3.36. The molecule has 3 heterocycles. The van der Waals surface area contributed by atoms with E-state index in [1.807, 2.05) is 0 Å². The third-order valence-electron chi connectivity index (χ3n) is 4.55. The van der Waals surface area contributed by atoms with Gasteiger partial charge in [0.25, 0.3) is 0 Å². The van der Waals surface area contributed by atoms with E-state index in [4.69, 9.17) is 9.47 Å². The number of ether oxygens (including phenoxy) is 2. The summed E-state index contributed by atoms with van der Waals surface area (Å²) < 4.78 is 11.0. The number of aromatic amines is 1. The number of H-pyrrole nitrogens is 1. The SMILES string of the molecule is COC1C=C(c2c(-c3ncn[nH]3)sc(N3CCOCC3)c2C#N)C=CC1. The summed E-state index contributed by atoms with van der Waals surface area (Å²) in [6, 6.07) is 2.42. The summed E-state index contributed by atoms with van der Waals surface area (Å²) in [7, 11) is 1.70. The molecule has 1 aliphatic carbocycles. The number of thiophene rings is 1. The van der Waals surface area contributed by atoms with Crippen molar-refractivity contribution in [2.24, 2.45) is 0 Å². The van der Waals surface area contributed by atoms with Crippen LogP contribution in [0.15, 0.2) is 24.6 Å². The first-order valence-corrected chi connectivity index (χ1v) is 9.30. The summed E-state index contributed by atoms with van der Waals surface area (Å²) in [5.74, 6) is 0.676. The Hall–Kier alpha value is -2.47. The molecule has 2 aromatic rings. The summed E-state index contributed by atoms with van der Waals surface area (Å²) in [4.78, 5) is 7.47. The lowest BCUT2D eigenvalue weighted by molar-refractivity contribution is 0.123. The first-order chi connectivity index (χ1) is 12.8. The third kappa shape index (κ3) is 3.05. The molecule has 1 fully saturated rings. The lowest BCUT2D eigenvalue weighted by Gasteiger charge is -2.27. The predicted molar refractivity (Wildman–Crippen MR) is 100.0 cm³/mol. The Labute approximate surface area is 155 Å². The van der Waals surface area contributed by atoms with Crippen molar-refractivity contribution in [2.45, 2.75) is 12.5 Å². The highest BCUT2D eigenvalue weighted by Gasteiger charge is 2.27. The molecule has 1 unspecified atom stereocenters. The Morgan fingerprint density at radius 1 is 1.42 bits per heavy atom. The van der Waals surface area contributed by atoms with Crippen LogP contribution >= 0.6 is 11.3 Å². The van der Waals surface area contributed by atoms with Gasteiger partial charge in [0.05, 0.1) is 29.8 Å². The number of anilines is 1. The molecule has 4 rings (SSSR count). The third-order valence-corrected chi connectivity index (χ3v) is 5.81. The standard InChI is InChI=1S/C18H19N5O2S/c1-24-13-4-2-3-12(9-13)15-14(10-19)18(23-5-7-25-8-6-23)26-16(15)17-20-11-21-22-17/h2-3,9,11,13H,4-8H2,1H3,(H,20,21,22). The van der Waals surface area contributed by atoms with Crippen molar-refractivity contribution < 1.29 is 9.47 Å². The van der Waals surface area contributed by atoms with Crippen LogP contribution in [-0.4, -0.2) is 54.7 Å². The number of rotatable bonds is 4. The first kappa shape index (κ1) is 17.0. The van der Waals surface area contributed by atoms with Crippen molar-refractivity contribution in [3.63, 3.8) is 0 Å². The van der Waals surface area contributed by atoms with Crippen LogP contribution in [0.1, 0.15) is 17.5 Å². The lowest BCUT2D eigenvalue weighted by Crippen LogP contribution is -2.36. The summed E-state index contributed by atoms with van der Waals surface area (Å²) in [5.41, 5.74) is 2.56. The smallest absolute Gasteiger partial charge is 0.166 e. The van der Waals surface area contributed by atoms with Crippen LogP contribution < -0.4 is 4.90 Å². The lowest BCUT2D eigenvalue weighted by atomic mass is 9.95. The van der Waals surface area contributed by atoms with Gasteiger partial charge in [-0.2, -0.15) is 10.4 Å². The fourth-order valence-electron chi connectivity index (χ4n) is 3.25. The summed E-state index contributed by atoms with van der Waals surface area (Å²) in [6.45, 7) is 2.90. The van der Waals surface area contributed by atoms with Crippen LogP contribution in [0.4, 0.5) is 5.00 Å². The number of allylic oxidation sites excluding steroid dienone is 2.